The average molecular weight is 1120 g/mol. The summed E-state index contributed by atoms with van der Waals surface area (Å²) in [4.78, 5) is 147. The van der Waals surface area contributed by atoms with Crippen molar-refractivity contribution in [1.82, 2.24) is 56.7 Å². The minimum absolute atomic E-state index is 0.00557. The van der Waals surface area contributed by atoms with Crippen molar-refractivity contribution in [3.8, 4) is 0 Å². The number of amides is 8. The molecule has 27 nitrogen and oxygen atoms in total. The number of fused-ring (bicyclic) bond motifs is 1. The molecular formula is C54H71N15O12. The molecule has 0 aliphatic carbocycles. The predicted octanol–water partition coefficient (Wildman–Crippen LogP) is 0.371. The molecule has 0 spiro atoms. The van der Waals surface area contributed by atoms with E-state index in [1.165, 1.54) is 37.4 Å². The number of rotatable bonds is 34. The normalized spacial score (nSPS) is 13.8. The zero-order valence-electron chi connectivity index (χ0n) is 45.2. The number of imide groups is 1. The fourth-order valence-electron chi connectivity index (χ4n) is 8.51. The van der Waals surface area contributed by atoms with Crippen molar-refractivity contribution >= 4 is 87.8 Å². The van der Waals surface area contributed by atoms with Crippen LogP contribution in [0.2, 0.25) is 0 Å². The molecule has 0 saturated carbocycles. The molecule has 5 atom stereocenters. The molecule has 0 radical (unpaired) electrons. The lowest BCUT2D eigenvalue weighted by Gasteiger charge is -2.25. The Morgan fingerprint density at radius 3 is 1.96 bits per heavy atom. The number of aliphatic carboxylic acids is 2. The van der Waals surface area contributed by atoms with E-state index in [9.17, 15) is 58.2 Å². The molecule has 2 aromatic carbocycles. The third-order valence-corrected chi connectivity index (χ3v) is 13.0. The zero-order chi connectivity index (χ0) is 59.0. The summed E-state index contributed by atoms with van der Waals surface area (Å²) in [6.07, 6.45) is 6.40. The van der Waals surface area contributed by atoms with Crippen LogP contribution in [0.15, 0.2) is 72.9 Å². The van der Waals surface area contributed by atoms with Crippen molar-refractivity contribution < 1.29 is 58.2 Å². The van der Waals surface area contributed by atoms with Crippen LogP contribution in [0.1, 0.15) is 106 Å². The third kappa shape index (κ3) is 20.2. The number of hydrogen-bond acceptors (Lipinski definition) is 18. The topological polar surface area (TPSA) is 419 Å². The Balaban J connectivity index is 1.06. The lowest BCUT2D eigenvalue weighted by molar-refractivity contribution is -0.142. The van der Waals surface area contributed by atoms with Gasteiger partial charge in [-0.05, 0) is 101 Å². The van der Waals surface area contributed by atoms with Crippen molar-refractivity contribution in [2.24, 2.45) is 5.73 Å². The first-order valence-corrected chi connectivity index (χ1v) is 26.6. The van der Waals surface area contributed by atoms with E-state index in [0.29, 0.717) is 61.1 Å². The number of benzene rings is 2. The third-order valence-electron chi connectivity index (χ3n) is 13.0. The first-order chi connectivity index (χ1) is 38.7. The van der Waals surface area contributed by atoms with Gasteiger partial charge in [0.25, 0.3) is 17.7 Å². The van der Waals surface area contributed by atoms with E-state index in [0.717, 1.165) is 4.90 Å². The molecule has 14 N–H and O–H groups in total. The van der Waals surface area contributed by atoms with Gasteiger partial charge in [-0.15, -0.1) is 0 Å². The number of carboxylic acid groups (broad SMARTS) is 2. The molecule has 5 rings (SSSR count). The Hall–Kier alpha value is -9.14. The molecule has 0 fully saturated rings. The molecule has 4 unspecified atom stereocenters. The Labute approximate surface area is 467 Å². The van der Waals surface area contributed by atoms with Crippen LogP contribution in [0.4, 0.5) is 17.5 Å². The number of carbonyl (C=O) groups is 10. The second-order valence-corrected chi connectivity index (χ2v) is 19.4. The summed E-state index contributed by atoms with van der Waals surface area (Å²) < 4.78 is 0. The summed E-state index contributed by atoms with van der Waals surface area (Å²) in [6.45, 7) is 2.36. The summed E-state index contributed by atoms with van der Waals surface area (Å²) in [5, 5.41) is 35.5. The fraction of sp³-hybridized carbons (Fsp3) is 0.444. The number of nitrogens with two attached hydrogens (primary N) is 3. The average Bonchev–Trinajstić information content (AvgIpc) is 3.79. The second-order valence-electron chi connectivity index (χ2n) is 19.4. The highest BCUT2D eigenvalue weighted by atomic mass is 16.4. The van der Waals surface area contributed by atoms with Gasteiger partial charge in [0.2, 0.25) is 35.5 Å². The van der Waals surface area contributed by atoms with Gasteiger partial charge in [0.1, 0.15) is 30.2 Å². The quantitative estimate of drug-likeness (QED) is 0.0222. The monoisotopic (exact) mass is 1120 g/mol. The molecule has 1 aliphatic heterocycles. The number of aromatic nitrogens is 4. The maximum absolute atomic E-state index is 14.0. The van der Waals surface area contributed by atoms with Crippen LogP contribution in [0.5, 0.6) is 0 Å². The van der Waals surface area contributed by atoms with Crippen molar-refractivity contribution in [2.75, 3.05) is 43.0 Å². The summed E-state index contributed by atoms with van der Waals surface area (Å²) in [5.74, 6) is -7.19. The van der Waals surface area contributed by atoms with E-state index in [1.54, 1.807) is 49.5 Å². The maximum Gasteiger partial charge on any atom is 0.326 e. The van der Waals surface area contributed by atoms with Crippen molar-refractivity contribution in [1.29, 1.82) is 0 Å². The van der Waals surface area contributed by atoms with Gasteiger partial charge in [-0.3, -0.25) is 43.3 Å². The van der Waals surface area contributed by atoms with Crippen molar-refractivity contribution in [3.63, 3.8) is 0 Å². The van der Waals surface area contributed by atoms with Crippen LogP contribution >= 0.6 is 0 Å². The Bertz CT molecular complexity index is 2890. The van der Waals surface area contributed by atoms with Gasteiger partial charge < -0.3 is 64.2 Å². The van der Waals surface area contributed by atoms with Gasteiger partial charge in [-0.1, -0.05) is 36.8 Å². The van der Waals surface area contributed by atoms with E-state index in [1.807, 2.05) is 4.90 Å². The summed E-state index contributed by atoms with van der Waals surface area (Å²) >= 11 is 0. The highest BCUT2D eigenvalue weighted by Gasteiger charge is 2.31. The molecule has 2 aromatic heterocycles. The Morgan fingerprint density at radius 1 is 0.654 bits per heavy atom. The predicted molar refractivity (Wildman–Crippen MR) is 296 cm³/mol. The Morgan fingerprint density at radius 2 is 1.28 bits per heavy atom. The minimum Gasteiger partial charge on any atom is -0.480 e. The molecule has 4 aromatic rings. The molecule has 1 aliphatic rings. The van der Waals surface area contributed by atoms with Crippen molar-refractivity contribution in [2.45, 2.75) is 127 Å². The number of nitrogens with zero attached hydrogens (tertiary/aromatic N) is 6. The standard InChI is InChI=1S/C54H71N15O12/c1-32(60-42(71)17-7-4-12-28-69-43(72)24-25-44(69)73)48(74)65-40(29-33-13-5-3-6-14-33)51(77)62-37(15-8-10-26-55)50(76)64-38(52(78)79)16-9-11-27-58-41(70)23-22-39(53(80)81)63-49(75)34-18-20-36(21-19-34)68(2)31-35-30-59-47-45(61-35)46(56)66-54(57)67-47/h3,5-6,13-14,18-21,24-25,30,32,37-40H,4,7-12,15-17,22-23,26-29,31,55H2,1-2H3,(H,58,70)(H,60,71)(H,62,77)(H,63,75)(H,64,76)(H,65,74)(H,78,79)(H,80,81)(H4,56,57,59,66,67)/t32?,37?,38?,39-,40?/m0/s1. The largest absolute Gasteiger partial charge is 0.480 e. The number of nitrogens with one attached hydrogen (secondary N) is 6. The second kappa shape index (κ2) is 31.5. The number of unbranched alkanes of at least 4 members (excludes halogenated alkanes) is 4. The zero-order valence-corrected chi connectivity index (χ0v) is 45.2. The van der Waals surface area contributed by atoms with E-state index >= 15 is 0 Å². The van der Waals surface area contributed by atoms with Crippen LogP contribution in [0.3, 0.4) is 0 Å². The maximum atomic E-state index is 14.0. The first-order valence-electron chi connectivity index (χ1n) is 26.6. The van der Waals surface area contributed by atoms with E-state index in [-0.39, 0.29) is 106 Å². The van der Waals surface area contributed by atoms with Crippen LogP contribution in [0.25, 0.3) is 11.2 Å². The van der Waals surface area contributed by atoms with Crippen molar-refractivity contribution in [3.05, 3.63) is 89.8 Å². The van der Waals surface area contributed by atoms with Crippen LogP contribution < -0.4 is 54.0 Å². The van der Waals surface area contributed by atoms with Crippen LogP contribution in [-0.2, 0) is 56.1 Å². The molecular weight excluding hydrogens is 1050 g/mol. The first kappa shape index (κ1) is 62.7. The van der Waals surface area contributed by atoms with Gasteiger partial charge in [-0.25, -0.2) is 19.6 Å². The van der Waals surface area contributed by atoms with Gasteiger partial charge >= 0.3 is 11.9 Å². The van der Waals surface area contributed by atoms with Gasteiger partial charge in [0.05, 0.1) is 18.4 Å². The number of anilines is 3. The van der Waals surface area contributed by atoms with Gasteiger partial charge in [0.15, 0.2) is 17.0 Å². The molecule has 434 valence electrons. The lowest BCUT2D eigenvalue weighted by Crippen LogP contribution is -2.58. The van der Waals surface area contributed by atoms with E-state index < -0.39 is 77.6 Å². The summed E-state index contributed by atoms with van der Waals surface area (Å²) in [7, 11) is 1.79. The molecule has 3 heterocycles. The van der Waals surface area contributed by atoms with Gasteiger partial charge in [-0.2, -0.15) is 9.97 Å². The summed E-state index contributed by atoms with van der Waals surface area (Å²) in [6, 6.07) is 8.84. The highest BCUT2D eigenvalue weighted by molar-refractivity contribution is 6.12. The number of nitrogen functional groups attached to an aromatic ring is 2. The van der Waals surface area contributed by atoms with Gasteiger partial charge in [0, 0.05) is 62.8 Å². The lowest BCUT2D eigenvalue weighted by atomic mass is 10.0. The van der Waals surface area contributed by atoms with Crippen LogP contribution in [-0.4, -0.2) is 151 Å². The molecule has 0 bridgehead atoms. The number of carboxylic acids is 2. The van der Waals surface area contributed by atoms with E-state index in [4.69, 9.17) is 17.2 Å². The summed E-state index contributed by atoms with van der Waals surface area (Å²) in [5.41, 5.74) is 20.0. The Kier molecular flexibility index (Phi) is 24.3. The van der Waals surface area contributed by atoms with E-state index in [2.05, 4.69) is 51.8 Å². The van der Waals surface area contributed by atoms with Crippen LogP contribution in [0, 0.1) is 0 Å². The SMILES string of the molecule is CC(NC(=O)CCCCCN1C(=O)C=CC1=O)C(=O)NC(Cc1ccccc1)C(=O)NC(CCCCN)C(=O)NC(CCCCNC(=O)CC[C@H](NC(=O)c1ccc(N(C)Cc2cnc3nc(N)nc(N)c3n2)cc1)C(=O)O)C(=O)O. The number of carbonyl (C=O) groups excluding carboxylic acids is 8. The molecule has 81 heavy (non-hydrogen) atoms. The molecule has 0 saturated heterocycles. The minimum atomic E-state index is -1.40. The molecule has 8 amide bonds. The number of hydrogen-bond donors (Lipinski definition) is 11. The fourth-order valence-corrected chi connectivity index (χ4v) is 8.51. The smallest absolute Gasteiger partial charge is 0.326 e. The molecule has 27 heteroatoms. The highest BCUT2D eigenvalue weighted by Crippen LogP contribution is 2.20.